The molecule has 1 aromatic heterocycles. The van der Waals surface area contributed by atoms with Crippen molar-refractivity contribution in [2.75, 3.05) is 5.75 Å². The Hall–Kier alpha value is -5.52. The molecule has 0 aliphatic carbocycles. The Kier molecular flexibility index (Phi) is 14.2. The molecule has 0 radical (unpaired) electrons. The third-order valence-corrected chi connectivity index (χ3v) is 11.2. The number of amides is 1. The van der Waals surface area contributed by atoms with Crippen LogP contribution in [-0.4, -0.2) is 38.9 Å². The summed E-state index contributed by atoms with van der Waals surface area (Å²) < 4.78 is 19.7. The average molecular weight is 797 g/mol. The molecule has 5 aromatic carbocycles. The lowest BCUT2D eigenvalue weighted by Crippen LogP contribution is -2.31. The van der Waals surface area contributed by atoms with E-state index in [1.54, 1.807) is 0 Å². The number of ether oxygens (including phenoxy) is 2. The van der Waals surface area contributed by atoms with Crippen LogP contribution in [0.1, 0.15) is 79.6 Å². The van der Waals surface area contributed by atoms with Gasteiger partial charge < -0.3 is 29.4 Å². The number of unbranched alkanes of at least 4 members (excludes halogenated alkanes) is 3. The zero-order valence-electron chi connectivity index (χ0n) is 32.3. The number of hydrogen-bond donors (Lipinski definition) is 3. The van der Waals surface area contributed by atoms with Crippen molar-refractivity contribution in [3.63, 3.8) is 0 Å². The van der Waals surface area contributed by atoms with E-state index in [2.05, 4.69) is 23.5 Å². The number of aliphatic hydroxyl groups is 1. The minimum atomic E-state index is -0.782. The monoisotopic (exact) mass is 796 g/mol. The van der Waals surface area contributed by atoms with Crippen LogP contribution in [-0.2, 0) is 32.2 Å². The predicted octanol–water partition coefficient (Wildman–Crippen LogP) is 10.5. The maximum Gasteiger partial charge on any atom is 0.303 e. The van der Waals surface area contributed by atoms with E-state index in [0.29, 0.717) is 36.8 Å². The molecule has 58 heavy (non-hydrogen) atoms. The van der Waals surface area contributed by atoms with Crippen LogP contribution < -0.4 is 5.32 Å². The van der Waals surface area contributed by atoms with Crippen molar-refractivity contribution in [3.8, 4) is 33.7 Å². The summed E-state index contributed by atoms with van der Waals surface area (Å²) >= 11 is 1.53. The molecule has 0 unspecified atom stereocenters. The number of carbonyl (C=O) groups excluding carboxylic acids is 1. The van der Waals surface area contributed by atoms with Gasteiger partial charge in [0.25, 0.3) is 5.22 Å². The summed E-state index contributed by atoms with van der Waals surface area (Å²) in [6, 6.07) is 44.2. The van der Waals surface area contributed by atoms with E-state index in [9.17, 15) is 14.7 Å². The van der Waals surface area contributed by atoms with Crippen molar-refractivity contribution in [2.45, 2.75) is 81.8 Å². The summed E-state index contributed by atoms with van der Waals surface area (Å²) in [7, 11) is 0. The van der Waals surface area contributed by atoms with E-state index in [1.165, 1.54) is 11.8 Å². The number of nitrogens with one attached hydrogen (secondary N) is 1. The maximum absolute atomic E-state index is 12.6. The van der Waals surface area contributed by atoms with Crippen LogP contribution in [0.4, 0.5) is 0 Å². The predicted molar refractivity (Wildman–Crippen MR) is 226 cm³/mol. The summed E-state index contributed by atoms with van der Waals surface area (Å²) in [5, 5.41) is 22.1. The lowest BCUT2D eigenvalue weighted by Gasteiger charge is -2.36. The van der Waals surface area contributed by atoms with Crippen LogP contribution in [0.5, 0.6) is 0 Å². The van der Waals surface area contributed by atoms with Gasteiger partial charge in [-0.2, -0.15) is 0 Å². The van der Waals surface area contributed by atoms with Gasteiger partial charge in [0.2, 0.25) is 5.91 Å². The first-order valence-electron chi connectivity index (χ1n) is 19.9. The first-order chi connectivity index (χ1) is 28.4. The second-order valence-electron chi connectivity index (χ2n) is 14.4. The summed E-state index contributed by atoms with van der Waals surface area (Å²) in [5.74, 6) is 0.527. The fourth-order valence-electron chi connectivity index (χ4n) is 7.10. The number of carboxylic acids is 1. The number of carbonyl (C=O) groups is 2. The van der Waals surface area contributed by atoms with Crippen molar-refractivity contribution in [2.24, 2.45) is 0 Å². The second-order valence-corrected chi connectivity index (χ2v) is 15.4. The van der Waals surface area contributed by atoms with E-state index in [4.69, 9.17) is 24.0 Å². The molecule has 0 bridgehead atoms. The van der Waals surface area contributed by atoms with E-state index < -0.39 is 12.3 Å². The van der Waals surface area contributed by atoms with E-state index >= 15 is 0 Å². The van der Waals surface area contributed by atoms with Crippen molar-refractivity contribution in [1.29, 1.82) is 0 Å². The molecule has 0 saturated carbocycles. The molecule has 2 heterocycles. The Morgan fingerprint density at radius 2 is 1.36 bits per heavy atom. The first kappa shape index (κ1) is 40.7. The first-order valence-corrected chi connectivity index (χ1v) is 20.8. The zero-order valence-corrected chi connectivity index (χ0v) is 33.1. The molecule has 1 aliphatic heterocycles. The van der Waals surface area contributed by atoms with Gasteiger partial charge in [0.1, 0.15) is 5.69 Å². The highest BCUT2D eigenvalue weighted by Gasteiger charge is 2.33. The number of oxazole rings is 1. The molecule has 7 rings (SSSR count). The van der Waals surface area contributed by atoms with Crippen LogP contribution in [0.15, 0.2) is 143 Å². The van der Waals surface area contributed by atoms with Gasteiger partial charge in [-0.3, -0.25) is 9.59 Å². The van der Waals surface area contributed by atoms with Gasteiger partial charge in [-0.25, -0.2) is 4.98 Å². The van der Waals surface area contributed by atoms with Crippen LogP contribution in [0.3, 0.4) is 0 Å². The zero-order chi connectivity index (χ0) is 40.1. The largest absolute Gasteiger partial charge is 0.481 e. The quantitative estimate of drug-likeness (QED) is 0.0574. The van der Waals surface area contributed by atoms with Crippen LogP contribution in [0.25, 0.3) is 33.7 Å². The standard InChI is InChI=1S/C48H48N2O7S/c51-31-33-21-23-35(24-22-33)42-29-40(32-58-48-50-45(36-13-5-3-6-14-36)46(57-48)37-15-7-4-8-16-37)55-47(56-42)38-27-25-34(26-28-38)41-18-12-11-17-39(41)30-49-43(52)19-9-1-2-10-20-44(53)54/h3-8,11-18,21-28,40,42,47,51H,1-2,9-10,19-20,29-32H2,(H,49,52)(H,53,54)/t40-,42+,47+/m0/s1. The highest BCUT2D eigenvalue weighted by molar-refractivity contribution is 7.99. The Morgan fingerprint density at radius 1 is 0.707 bits per heavy atom. The van der Waals surface area contributed by atoms with Crippen molar-refractivity contribution in [1.82, 2.24) is 10.3 Å². The number of carboxylic acid groups (broad SMARTS) is 1. The molecule has 298 valence electrons. The highest BCUT2D eigenvalue weighted by atomic mass is 32.2. The Balaban J connectivity index is 1.04. The van der Waals surface area contributed by atoms with Gasteiger partial charge in [0.05, 0.1) is 18.8 Å². The van der Waals surface area contributed by atoms with Crippen LogP contribution in [0.2, 0.25) is 0 Å². The van der Waals surface area contributed by atoms with Gasteiger partial charge in [0.15, 0.2) is 12.1 Å². The fourth-order valence-corrected chi connectivity index (χ4v) is 7.94. The van der Waals surface area contributed by atoms with Gasteiger partial charge >= 0.3 is 5.97 Å². The van der Waals surface area contributed by atoms with Crippen molar-refractivity contribution >= 4 is 23.6 Å². The molecule has 1 amide bonds. The summed E-state index contributed by atoms with van der Waals surface area (Å²) in [6.45, 7) is 0.382. The van der Waals surface area contributed by atoms with E-state index in [0.717, 1.165) is 75.2 Å². The minimum Gasteiger partial charge on any atom is -0.481 e. The number of aliphatic carboxylic acids is 1. The maximum atomic E-state index is 12.6. The van der Waals surface area contributed by atoms with Gasteiger partial charge in [-0.05, 0) is 40.7 Å². The van der Waals surface area contributed by atoms with Gasteiger partial charge in [-0.15, -0.1) is 0 Å². The number of thioether (sulfide) groups is 1. The second kappa shape index (κ2) is 20.3. The number of hydrogen-bond acceptors (Lipinski definition) is 8. The van der Waals surface area contributed by atoms with Crippen molar-refractivity contribution in [3.05, 3.63) is 156 Å². The number of benzene rings is 5. The summed E-state index contributed by atoms with van der Waals surface area (Å²) in [4.78, 5) is 28.3. The number of nitrogens with zero attached hydrogens (tertiary/aromatic N) is 1. The molecular formula is C48H48N2O7S. The van der Waals surface area contributed by atoms with E-state index in [-0.39, 0.29) is 31.1 Å². The molecular weight excluding hydrogens is 749 g/mol. The van der Waals surface area contributed by atoms with Crippen molar-refractivity contribution < 1.29 is 33.7 Å². The average Bonchev–Trinajstić information content (AvgIpc) is 3.71. The Morgan fingerprint density at radius 3 is 2.07 bits per heavy atom. The van der Waals surface area contributed by atoms with Gasteiger partial charge in [-0.1, -0.05) is 158 Å². The molecule has 3 atom stereocenters. The molecule has 9 nitrogen and oxygen atoms in total. The Bertz CT molecular complexity index is 2170. The summed E-state index contributed by atoms with van der Waals surface area (Å²) in [6.07, 6.45) is 3.17. The molecule has 0 spiro atoms. The molecule has 1 fully saturated rings. The summed E-state index contributed by atoms with van der Waals surface area (Å²) in [5.41, 5.74) is 8.54. The molecule has 10 heteroatoms. The third-order valence-electron chi connectivity index (χ3n) is 10.2. The molecule has 1 saturated heterocycles. The molecule has 6 aromatic rings. The lowest BCUT2D eigenvalue weighted by molar-refractivity contribution is -0.245. The number of rotatable bonds is 18. The number of aliphatic hydroxyl groups excluding tert-OH is 1. The smallest absolute Gasteiger partial charge is 0.303 e. The van der Waals surface area contributed by atoms with E-state index in [1.807, 2.05) is 115 Å². The minimum absolute atomic E-state index is 0.0145. The normalized spacial score (nSPS) is 16.5. The molecule has 1 aliphatic rings. The van der Waals surface area contributed by atoms with Gasteiger partial charge in [0, 0.05) is 48.3 Å². The topological polar surface area (TPSA) is 131 Å². The lowest BCUT2D eigenvalue weighted by atomic mass is 9.97. The van der Waals surface area contributed by atoms with Crippen LogP contribution in [0, 0.1) is 0 Å². The molecule has 3 N–H and O–H groups in total. The van der Waals surface area contributed by atoms with Crippen LogP contribution >= 0.6 is 11.8 Å². The fraction of sp³-hybridized carbons (Fsp3) is 0.271. The highest BCUT2D eigenvalue weighted by Crippen LogP contribution is 2.41. The third kappa shape index (κ3) is 10.9. The Labute approximate surface area is 343 Å². The number of aromatic nitrogens is 1. The SMILES string of the molecule is O=C(O)CCCCCCC(=O)NCc1ccccc1-c1ccc([C@@H]2O[C@H](CSc3nc(-c4ccccc4)c(-c4ccccc4)o3)C[C@H](c3ccc(CO)cc3)O2)cc1.